The Hall–Kier alpha value is -1.86. The summed E-state index contributed by atoms with van der Waals surface area (Å²) in [5, 5.41) is 2.69. The molecule has 0 fully saturated rings. The molecular weight excluding hydrogens is 516 g/mol. The number of hydrogen-bond donors (Lipinski definition) is 2. The van der Waals surface area contributed by atoms with Gasteiger partial charge in [0.15, 0.2) is 0 Å². The largest absolute Gasteiger partial charge is 0.379 e. The zero-order chi connectivity index (χ0) is 28.4. The van der Waals surface area contributed by atoms with Crippen LogP contribution in [-0.4, -0.2) is 100 Å². The number of amides is 2. The fourth-order valence-electron chi connectivity index (χ4n) is 3.01. The maximum absolute atomic E-state index is 12.0. The normalized spacial score (nSPS) is 11.7. The predicted molar refractivity (Wildman–Crippen MR) is 145 cm³/mol. The number of rotatable bonds is 28. The van der Waals surface area contributed by atoms with Gasteiger partial charge >= 0.3 is 0 Å². The number of primary amides is 1. The Kier molecular flexibility index (Phi) is 24.2. The highest BCUT2D eigenvalue weighted by atomic mass is 32.2. The molecule has 220 valence electrons. The molecule has 0 saturated heterocycles. The first-order chi connectivity index (χ1) is 18.3. The number of thioether (sulfide) groups is 1. The van der Waals surface area contributed by atoms with Gasteiger partial charge in [0.25, 0.3) is 0 Å². The van der Waals surface area contributed by atoms with Crippen LogP contribution in [0.2, 0.25) is 0 Å². The van der Waals surface area contributed by atoms with E-state index in [0.29, 0.717) is 65.0 Å². The van der Waals surface area contributed by atoms with Gasteiger partial charge < -0.3 is 30.0 Å². The summed E-state index contributed by atoms with van der Waals surface area (Å²) in [5.74, 6) is 0.301. The van der Waals surface area contributed by atoms with Crippen LogP contribution in [0.1, 0.15) is 58.8 Å². The van der Waals surface area contributed by atoms with Crippen molar-refractivity contribution in [3.05, 3.63) is 0 Å². The first-order valence-corrected chi connectivity index (χ1v) is 14.4. The van der Waals surface area contributed by atoms with E-state index in [1.165, 1.54) is 0 Å². The molecule has 0 spiro atoms. The Morgan fingerprint density at radius 2 is 1.21 bits per heavy atom. The van der Waals surface area contributed by atoms with E-state index in [1.807, 2.05) is 6.92 Å². The number of nitrogens with one attached hydrogen (secondary N) is 1. The lowest BCUT2D eigenvalue weighted by Gasteiger charge is -2.11. The summed E-state index contributed by atoms with van der Waals surface area (Å²) in [5.41, 5.74) is 5.35. The molecule has 0 aliphatic carbocycles. The van der Waals surface area contributed by atoms with Crippen LogP contribution >= 0.6 is 11.8 Å². The number of carbonyl (C=O) groups is 5. The van der Waals surface area contributed by atoms with Gasteiger partial charge in [0.05, 0.1) is 58.8 Å². The maximum Gasteiger partial charge on any atom is 0.221 e. The average Bonchev–Trinajstić information content (AvgIpc) is 2.90. The van der Waals surface area contributed by atoms with E-state index in [-0.39, 0.29) is 68.4 Å². The molecule has 0 aromatic carbocycles. The van der Waals surface area contributed by atoms with Crippen molar-refractivity contribution in [3.63, 3.8) is 0 Å². The van der Waals surface area contributed by atoms with Gasteiger partial charge in [-0.15, -0.1) is 0 Å². The van der Waals surface area contributed by atoms with Gasteiger partial charge in [-0.25, -0.2) is 0 Å². The summed E-state index contributed by atoms with van der Waals surface area (Å²) in [6.45, 7) is 7.04. The Balaban J connectivity index is 3.45. The summed E-state index contributed by atoms with van der Waals surface area (Å²) in [6.07, 6.45) is 1.53. The lowest BCUT2D eigenvalue weighted by molar-refractivity contribution is -0.127. The SMILES string of the molecule is CCSCC(CC(=O)CCOCCOCCOCCOCCNC(=O)CCC(=O)CCC(=O)CC)C(N)=O. The molecule has 0 rings (SSSR count). The van der Waals surface area contributed by atoms with Crippen molar-refractivity contribution in [1.29, 1.82) is 0 Å². The molecule has 0 aromatic heterocycles. The highest BCUT2D eigenvalue weighted by Crippen LogP contribution is 2.13. The Labute approximate surface area is 230 Å². The third kappa shape index (κ3) is 23.3. The van der Waals surface area contributed by atoms with E-state index in [2.05, 4.69) is 5.32 Å². The summed E-state index contributed by atoms with van der Waals surface area (Å²) in [4.78, 5) is 57.9. The van der Waals surface area contributed by atoms with Gasteiger partial charge in [0.2, 0.25) is 11.8 Å². The Morgan fingerprint density at radius 3 is 1.76 bits per heavy atom. The van der Waals surface area contributed by atoms with Crippen molar-refractivity contribution < 1.29 is 42.9 Å². The Morgan fingerprint density at radius 1 is 0.684 bits per heavy atom. The van der Waals surface area contributed by atoms with Crippen molar-refractivity contribution in [2.45, 2.75) is 58.8 Å². The van der Waals surface area contributed by atoms with Crippen molar-refractivity contribution in [1.82, 2.24) is 5.32 Å². The second-order valence-corrected chi connectivity index (χ2v) is 9.80. The minimum Gasteiger partial charge on any atom is -0.379 e. The third-order valence-corrected chi connectivity index (χ3v) is 6.36. The number of ether oxygens (including phenoxy) is 4. The van der Waals surface area contributed by atoms with Gasteiger partial charge in [0, 0.05) is 57.2 Å². The molecule has 38 heavy (non-hydrogen) atoms. The van der Waals surface area contributed by atoms with Gasteiger partial charge in [-0.3, -0.25) is 24.0 Å². The van der Waals surface area contributed by atoms with Crippen LogP contribution in [0.5, 0.6) is 0 Å². The molecule has 0 aliphatic heterocycles. The van der Waals surface area contributed by atoms with Gasteiger partial charge in [-0.1, -0.05) is 13.8 Å². The molecule has 0 bridgehead atoms. The molecule has 0 heterocycles. The van der Waals surface area contributed by atoms with Gasteiger partial charge in [0.1, 0.15) is 17.3 Å². The van der Waals surface area contributed by atoms with E-state index in [4.69, 9.17) is 24.7 Å². The van der Waals surface area contributed by atoms with Crippen LogP contribution in [0, 0.1) is 5.92 Å². The number of carbonyl (C=O) groups excluding carboxylic acids is 5. The topological polar surface area (TPSA) is 160 Å². The summed E-state index contributed by atoms with van der Waals surface area (Å²) in [7, 11) is 0. The molecule has 1 atom stereocenters. The molecule has 12 heteroatoms. The Bertz CT molecular complexity index is 692. The van der Waals surface area contributed by atoms with Crippen molar-refractivity contribution in [2.24, 2.45) is 11.7 Å². The molecule has 0 saturated carbocycles. The van der Waals surface area contributed by atoms with Crippen LogP contribution in [-0.2, 0) is 42.9 Å². The highest BCUT2D eigenvalue weighted by molar-refractivity contribution is 7.99. The number of Topliss-reactive ketones (excluding diaryl/α,β-unsaturated/α-hetero) is 3. The standard InChI is InChI=1S/C26H46N2O9S/c1-3-22(29)5-6-23(30)7-8-25(32)28-10-12-35-14-16-37-18-17-36-15-13-34-11-9-24(31)19-21(26(27)33)20-38-4-2/h21H,3-20H2,1-2H3,(H2,27,33)(H,28,32). The van der Waals surface area contributed by atoms with Gasteiger partial charge in [-0.2, -0.15) is 11.8 Å². The molecular formula is C26H46N2O9S. The molecule has 2 amide bonds. The minimum absolute atomic E-state index is 0.0336. The van der Waals surface area contributed by atoms with Gasteiger partial charge in [-0.05, 0) is 5.75 Å². The minimum atomic E-state index is -0.438. The second-order valence-electron chi connectivity index (χ2n) is 8.48. The van der Waals surface area contributed by atoms with Crippen LogP contribution in [0.4, 0.5) is 0 Å². The number of ketones is 3. The number of nitrogens with two attached hydrogens (primary N) is 1. The van der Waals surface area contributed by atoms with Crippen molar-refractivity contribution in [2.75, 3.05) is 70.9 Å². The summed E-state index contributed by atoms with van der Waals surface area (Å²) in [6, 6.07) is 0. The first kappa shape index (κ1) is 36.1. The van der Waals surface area contributed by atoms with Crippen molar-refractivity contribution in [3.8, 4) is 0 Å². The zero-order valence-corrected chi connectivity index (χ0v) is 23.8. The van der Waals surface area contributed by atoms with E-state index < -0.39 is 11.8 Å². The molecule has 3 N–H and O–H groups in total. The fraction of sp³-hybridized carbons (Fsp3) is 0.808. The predicted octanol–water partition coefficient (Wildman–Crippen LogP) is 1.48. The van der Waals surface area contributed by atoms with E-state index in [9.17, 15) is 24.0 Å². The fourth-order valence-corrected chi connectivity index (χ4v) is 3.81. The number of hydrogen-bond acceptors (Lipinski definition) is 10. The van der Waals surface area contributed by atoms with Crippen LogP contribution in [0.25, 0.3) is 0 Å². The summed E-state index contributed by atoms with van der Waals surface area (Å²) >= 11 is 1.59. The van der Waals surface area contributed by atoms with Crippen LogP contribution in [0.15, 0.2) is 0 Å². The van der Waals surface area contributed by atoms with Crippen LogP contribution < -0.4 is 11.1 Å². The van der Waals surface area contributed by atoms with Crippen molar-refractivity contribution >= 4 is 40.9 Å². The molecule has 0 aliphatic rings. The van der Waals surface area contributed by atoms with E-state index >= 15 is 0 Å². The van der Waals surface area contributed by atoms with E-state index in [1.54, 1.807) is 18.7 Å². The molecule has 11 nitrogen and oxygen atoms in total. The zero-order valence-electron chi connectivity index (χ0n) is 23.0. The van der Waals surface area contributed by atoms with E-state index in [0.717, 1.165) is 5.75 Å². The molecule has 0 aromatic rings. The molecule has 1 unspecified atom stereocenters. The highest BCUT2D eigenvalue weighted by Gasteiger charge is 2.19. The monoisotopic (exact) mass is 562 g/mol. The first-order valence-electron chi connectivity index (χ1n) is 13.3. The molecule has 0 radical (unpaired) electrons. The second kappa shape index (κ2) is 25.4. The lowest BCUT2D eigenvalue weighted by Crippen LogP contribution is -2.28. The quantitative estimate of drug-likeness (QED) is 0.134. The third-order valence-electron chi connectivity index (χ3n) is 5.32. The lowest BCUT2D eigenvalue weighted by atomic mass is 10.0. The summed E-state index contributed by atoms with van der Waals surface area (Å²) < 4.78 is 21.6. The van der Waals surface area contributed by atoms with Crippen LogP contribution in [0.3, 0.4) is 0 Å². The average molecular weight is 563 g/mol. The smallest absolute Gasteiger partial charge is 0.221 e. The maximum atomic E-state index is 12.0.